The lowest BCUT2D eigenvalue weighted by molar-refractivity contribution is 0.669. The minimum absolute atomic E-state index is 0.863. The van der Waals surface area contributed by atoms with Crippen molar-refractivity contribution in [2.45, 2.75) is 6.92 Å². The average molecular weight is 769 g/mol. The molecule has 1 aromatic heterocycles. The molecule has 0 amide bonds. The number of aryl methyl sites for hydroxylation is 1. The first-order valence-electron chi connectivity index (χ1n) is 20.5. The van der Waals surface area contributed by atoms with Crippen LogP contribution >= 0.6 is 0 Å². The van der Waals surface area contributed by atoms with Crippen molar-refractivity contribution in [2.75, 3.05) is 9.80 Å². The molecule has 10 aromatic carbocycles. The molecular weight excluding hydrogens is 729 g/mol. The van der Waals surface area contributed by atoms with Crippen LogP contribution in [0.5, 0.6) is 0 Å². The van der Waals surface area contributed by atoms with E-state index in [0.717, 1.165) is 61.6 Å². The standard InChI is InChI=1S/C57H40N2O/c1-39-13-12-22-54-56(39)52-35-34-50(38-55(52)60-54)59(53-36-26-43-17-10-11-21-51(43)57(53)44-18-6-3-7-19-44)48-32-30-47(31-33-48)58(49-29-25-41-16-8-9-20-45(41)37-49)46-27-23-42(24-28-46)40-14-4-2-5-15-40/h2-38H,1H3. The molecule has 0 aliphatic rings. The van der Waals surface area contributed by atoms with E-state index in [1.807, 2.05) is 0 Å². The summed E-state index contributed by atoms with van der Waals surface area (Å²) in [7, 11) is 0. The van der Waals surface area contributed by atoms with Crippen LogP contribution in [0.1, 0.15) is 5.56 Å². The normalized spacial score (nSPS) is 11.4. The molecule has 0 bridgehead atoms. The summed E-state index contributed by atoms with van der Waals surface area (Å²) in [6, 6.07) is 80.6. The molecule has 0 unspecified atom stereocenters. The van der Waals surface area contributed by atoms with E-state index in [-0.39, 0.29) is 0 Å². The second kappa shape index (κ2) is 14.8. The van der Waals surface area contributed by atoms with Crippen LogP contribution in [0, 0.1) is 6.92 Å². The Labute approximate surface area is 349 Å². The van der Waals surface area contributed by atoms with Gasteiger partial charge in [-0.1, -0.05) is 146 Å². The van der Waals surface area contributed by atoms with E-state index in [0.29, 0.717) is 0 Å². The van der Waals surface area contributed by atoms with Crippen molar-refractivity contribution < 1.29 is 4.42 Å². The van der Waals surface area contributed by atoms with Gasteiger partial charge in [0.25, 0.3) is 0 Å². The van der Waals surface area contributed by atoms with Gasteiger partial charge >= 0.3 is 0 Å². The van der Waals surface area contributed by atoms with E-state index in [4.69, 9.17) is 4.42 Å². The lowest BCUT2D eigenvalue weighted by Crippen LogP contribution is -2.13. The highest BCUT2D eigenvalue weighted by Gasteiger charge is 2.22. The van der Waals surface area contributed by atoms with Gasteiger partial charge < -0.3 is 14.2 Å². The zero-order chi connectivity index (χ0) is 40.0. The van der Waals surface area contributed by atoms with E-state index < -0.39 is 0 Å². The van der Waals surface area contributed by atoms with Crippen LogP contribution in [0.15, 0.2) is 229 Å². The zero-order valence-electron chi connectivity index (χ0n) is 33.2. The molecule has 0 aliphatic carbocycles. The highest BCUT2D eigenvalue weighted by atomic mass is 16.3. The van der Waals surface area contributed by atoms with Crippen LogP contribution in [0.2, 0.25) is 0 Å². The molecule has 0 N–H and O–H groups in total. The van der Waals surface area contributed by atoms with Crippen LogP contribution in [0.25, 0.3) is 65.7 Å². The summed E-state index contributed by atoms with van der Waals surface area (Å²) in [5, 5.41) is 7.09. The Morgan fingerprint density at radius 2 is 0.883 bits per heavy atom. The topological polar surface area (TPSA) is 19.6 Å². The third-order valence-corrected chi connectivity index (χ3v) is 11.7. The fourth-order valence-corrected chi connectivity index (χ4v) is 8.86. The van der Waals surface area contributed by atoms with Crippen molar-refractivity contribution in [1.82, 2.24) is 0 Å². The summed E-state index contributed by atoms with van der Waals surface area (Å²) in [5.41, 5.74) is 14.1. The Morgan fingerprint density at radius 1 is 0.333 bits per heavy atom. The van der Waals surface area contributed by atoms with Gasteiger partial charge in [0.1, 0.15) is 11.2 Å². The van der Waals surface area contributed by atoms with Gasteiger partial charge in [0.05, 0.1) is 5.69 Å². The van der Waals surface area contributed by atoms with E-state index >= 15 is 0 Å². The Kier molecular flexibility index (Phi) is 8.71. The van der Waals surface area contributed by atoms with Crippen LogP contribution in [0.3, 0.4) is 0 Å². The van der Waals surface area contributed by atoms with Crippen molar-refractivity contribution in [3.05, 3.63) is 230 Å². The molecule has 0 saturated carbocycles. The molecule has 0 saturated heterocycles. The predicted molar refractivity (Wildman–Crippen MR) is 254 cm³/mol. The molecule has 11 rings (SSSR count). The maximum Gasteiger partial charge on any atom is 0.137 e. The summed E-state index contributed by atoms with van der Waals surface area (Å²) in [4.78, 5) is 4.73. The Hall–Kier alpha value is -7.88. The van der Waals surface area contributed by atoms with Crippen molar-refractivity contribution in [2.24, 2.45) is 0 Å². The number of benzene rings is 10. The number of fused-ring (bicyclic) bond motifs is 5. The molecule has 0 radical (unpaired) electrons. The maximum absolute atomic E-state index is 6.56. The third kappa shape index (κ3) is 6.25. The van der Waals surface area contributed by atoms with E-state index in [9.17, 15) is 0 Å². The Balaban J connectivity index is 1.09. The maximum atomic E-state index is 6.56. The molecule has 0 atom stereocenters. The highest BCUT2D eigenvalue weighted by molar-refractivity contribution is 6.09. The molecule has 3 heteroatoms. The average Bonchev–Trinajstić information content (AvgIpc) is 3.69. The van der Waals surface area contributed by atoms with Crippen molar-refractivity contribution in [3.8, 4) is 22.3 Å². The van der Waals surface area contributed by atoms with E-state index in [1.54, 1.807) is 0 Å². The fourth-order valence-electron chi connectivity index (χ4n) is 8.86. The molecule has 0 fully saturated rings. The monoisotopic (exact) mass is 768 g/mol. The summed E-state index contributed by atoms with van der Waals surface area (Å²) < 4.78 is 6.56. The van der Waals surface area contributed by atoms with Gasteiger partial charge in [0, 0.05) is 50.8 Å². The predicted octanol–water partition coefficient (Wildman–Crippen LogP) is 16.5. The van der Waals surface area contributed by atoms with E-state index in [1.165, 1.54) is 43.8 Å². The molecule has 60 heavy (non-hydrogen) atoms. The first-order chi connectivity index (χ1) is 29.7. The second-order valence-electron chi connectivity index (χ2n) is 15.4. The quantitative estimate of drug-likeness (QED) is 0.153. The summed E-state index contributed by atoms with van der Waals surface area (Å²) in [5.74, 6) is 0. The number of anilines is 6. The first kappa shape index (κ1) is 35.3. The number of hydrogen-bond acceptors (Lipinski definition) is 3. The minimum atomic E-state index is 0.863. The summed E-state index contributed by atoms with van der Waals surface area (Å²) in [6.45, 7) is 2.15. The van der Waals surface area contributed by atoms with Crippen molar-refractivity contribution >= 4 is 77.6 Å². The van der Waals surface area contributed by atoms with Gasteiger partial charge in [-0.05, 0) is 124 Å². The molecule has 0 aliphatic heterocycles. The zero-order valence-corrected chi connectivity index (χ0v) is 33.2. The SMILES string of the molecule is Cc1cccc2oc3cc(N(c4ccc(N(c5ccc(-c6ccccc6)cc5)c5ccc6ccccc6c5)cc4)c4ccc5ccccc5c4-c4ccccc4)ccc3c12. The van der Waals surface area contributed by atoms with Crippen LogP contribution in [0.4, 0.5) is 34.1 Å². The number of furan rings is 1. The second-order valence-corrected chi connectivity index (χ2v) is 15.4. The van der Waals surface area contributed by atoms with Gasteiger partial charge in [0.2, 0.25) is 0 Å². The Morgan fingerprint density at radius 3 is 1.63 bits per heavy atom. The third-order valence-electron chi connectivity index (χ3n) is 11.7. The summed E-state index contributed by atoms with van der Waals surface area (Å²) in [6.07, 6.45) is 0. The van der Waals surface area contributed by atoms with E-state index in [2.05, 4.69) is 241 Å². The molecule has 1 heterocycles. The molecule has 0 spiro atoms. The molecular formula is C57H40N2O. The smallest absolute Gasteiger partial charge is 0.137 e. The van der Waals surface area contributed by atoms with Crippen molar-refractivity contribution in [1.29, 1.82) is 0 Å². The first-order valence-corrected chi connectivity index (χ1v) is 20.5. The largest absolute Gasteiger partial charge is 0.456 e. The van der Waals surface area contributed by atoms with Gasteiger partial charge in [0.15, 0.2) is 0 Å². The lowest BCUT2D eigenvalue weighted by atomic mass is 9.95. The van der Waals surface area contributed by atoms with Crippen LogP contribution < -0.4 is 9.80 Å². The van der Waals surface area contributed by atoms with Crippen molar-refractivity contribution in [3.63, 3.8) is 0 Å². The summed E-state index contributed by atoms with van der Waals surface area (Å²) >= 11 is 0. The number of hydrogen-bond donors (Lipinski definition) is 0. The van der Waals surface area contributed by atoms with Crippen LogP contribution in [-0.4, -0.2) is 0 Å². The molecule has 11 aromatic rings. The number of nitrogens with zero attached hydrogens (tertiary/aromatic N) is 2. The molecule has 3 nitrogen and oxygen atoms in total. The molecule has 284 valence electrons. The van der Waals surface area contributed by atoms with Gasteiger partial charge in [-0.15, -0.1) is 0 Å². The van der Waals surface area contributed by atoms with Gasteiger partial charge in [-0.3, -0.25) is 0 Å². The number of rotatable bonds is 8. The van der Waals surface area contributed by atoms with Gasteiger partial charge in [-0.2, -0.15) is 0 Å². The lowest BCUT2D eigenvalue weighted by Gasteiger charge is -2.30. The van der Waals surface area contributed by atoms with Gasteiger partial charge in [-0.25, -0.2) is 0 Å². The minimum Gasteiger partial charge on any atom is -0.456 e. The highest BCUT2D eigenvalue weighted by Crippen LogP contribution is 2.47. The van der Waals surface area contributed by atoms with Crippen LogP contribution in [-0.2, 0) is 0 Å². The Bertz CT molecular complexity index is 3310. The fraction of sp³-hybridized carbons (Fsp3) is 0.0175.